The molecule has 1 aromatic rings. The largest absolute Gasteiger partial charge is 0.382 e. The SMILES string of the molecule is CCN(CC(=O)NC)C(=O)c1c(N)n[nH]c1C. The standard InChI is InChI=1S/C10H17N5O2/c1-4-15(5-7(16)12-3)10(17)8-6(2)13-14-9(8)11/h4-5H2,1-3H3,(H,12,16)(H3,11,13,14). The van der Waals surface area contributed by atoms with E-state index in [0.717, 1.165) is 0 Å². The predicted octanol–water partition coefficient (Wildman–Crippen LogP) is -0.492. The number of amides is 2. The highest BCUT2D eigenvalue weighted by Crippen LogP contribution is 2.14. The number of nitrogens with two attached hydrogens (primary N) is 1. The molecule has 7 heteroatoms. The first-order chi connectivity index (χ1) is 8.01. The van der Waals surface area contributed by atoms with E-state index in [1.807, 2.05) is 0 Å². The molecule has 0 saturated heterocycles. The van der Waals surface area contributed by atoms with Gasteiger partial charge in [-0.2, -0.15) is 5.10 Å². The van der Waals surface area contributed by atoms with Crippen molar-refractivity contribution in [3.8, 4) is 0 Å². The van der Waals surface area contributed by atoms with Crippen molar-refractivity contribution in [2.75, 3.05) is 25.9 Å². The summed E-state index contributed by atoms with van der Waals surface area (Å²) in [6, 6.07) is 0. The zero-order chi connectivity index (χ0) is 13.0. The molecule has 2 amide bonds. The van der Waals surface area contributed by atoms with Gasteiger partial charge in [0.05, 0.1) is 6.54 Å². The van der Waals surface area contributed by atoms with Crippen molar-refractivity contribution in [3.63, 3.8) is 0 Å². The molecule has 1 heterocycles. The van der Waals surface area contributed by atoms with Crippen molar-refractivity contribution in [3.05, 3.63) is 11.3 Å². The molecule has 94 valence electrons. The highest BCUT2D eigenvalue weighted by Gasteiger charge is 2.22. The lowest BCUT2D eigenvalue weighted by atomic mass is 10.2. The van der Waals surface area contributed by atoms with Crippen molar-refractivity contribution in [2.24, 2.45) is 0 Å². The van der Waals surface area contributed by atoms with E-state index < -0.39 is 0 Å². The molecule has 7 nitrogen and oxygen atoms in total. The Morgan fingerprint density at radius 3 is 2.59 bits per heavy atom. The Kier molecular flexibility index (Phi) is 4.08. The van der Waals surface area contributed by atoms with Gasteiger partial charge >= 0.3 is 0 Å². The van der Waals surface area contributed by atoms with Gasteiger partial charge in [0.2, 0.25) is 5.91 Å². The average molecular weight is 239 g/mol. The van der Waals surface area contributed by atoms with E-state index in [-0.39, 0.29) is 24.2 Å². The van der Waals surface area contributed by atoms with Gasteiger partial charge in [-0.05, 0) is 13.8 Å². The Balaban J connectivity index is 2.90. The molecule has 0 fully saturated rings. The Bertz CT molecular complexity index is 407. The van der Waals surface area contributed by atoms with Crippen LogP contribution < -0.4 is 11.1 Å². The molecule has 1 aromatic heterocycles. The molecule has 0 radical (unpaired) electrons. The number of nitrogens with one attached hydrogen (secondary N) is 2. The maximum atomic E-state index is 12.1. The van der Waals surface area contributed by atoms with Crippen LogP contribution in [0.5, 0.6) is 0 Å². The fraction of sp³-hybridized carbons (Fsp3) is 0.500. The zero-order valence-corrected chi connectivity index (χ0v) is 10.2. The monoisotopic (exact) mass is 239 g/mol. The molecule has 17 heavy (non-hydrogen) atoms. The molecule has 0 bridgehead atoms. The fourth-order valence-corrected chi connectivity index (χ4v) is 1.46. The van der Waals surface area contributed by atoms with Gasteiger partial charge in [-0.1, -0.05) is 0 Å². The van der Waals surface area contributed by atoms with Crippen molar-refractivity contribution < 1.29 is 9.59 Å². The molecule has 0 aliphatic carbocycles. The van der Waals surface area contributed by atoms with Gasteiger partial charge in [-0.15, -0.1) is 0 Å². The summed E-state index contributed by atoms with van der Waals surface area (Å²) in [5.74, 6) is -0.359. The number of rotatable bonds is 4. The van der Waals surface area contributed by atoms with Crippen LogP contribution in [0.2, 0.25) is 0 Å². The van der Waals surface area contributed by atoms with E-state index in [1.165, 1.54) is 11.9 Å². The minimum Gasteiger partial charge on any atom is -0.382 e. The number of aromatic nitrogens is 2. The van der Waals surface area contributed by atoms with Gasteiger partial charge in [0, 0.05) is 19.3 Å². The minimum absolute atomic E-state index is 0.00981. The van der Waals surface area contributed by atoms with Gasteiger partial charge in [0.1, 0.15) is 5.56 Å². The molecule has 0 spiro atoms. The third-order valence-corrected chi connectivity index (χ3v) is 2.47. The number of hydrogen-bond donors (Lipinski definition) is 3. The summed E-state index contributed by atoms with van der Waals surface area (Å²) >= 11 is 0. The van der Waals surface area contributed by atoms with E-state index in [1.54, 1.807) is 13.8 Å². The summed E-state index contributed by atoms with van der Waals surface area (Å²) in [6.07, 6.45) is 0. The highest BCUT2D eigenvalue weighted by atomic mass is 16.2. The third kappa shape index (κ3) is 2.74. The minimum atomic E-state index is -0.292. The van der Waals surface area contributed by atoms with Crippen LogP contribution in [0.25, 0.3) is 0 Å². The van der Waals surface area contributed by atoms with E-state index in [2.05, 4.69) is 15.5 Å². The first-order valence-electron chi connectivity index (χ1n) is 5.31. The van der Waals surface area contributed by atoms with Gasteiger partial charge in [-0.25, -0.2) is 0 Å². The summed E-state index contributed by atoms with van der Waals surface area (Å²) < 4.78 is 0. The molecular weight excluding hydrogens is 222 g/mol. The number of aryl methyl sites for hydroxylation is 1. The number of nitrogen functional groups attached to an aromatic ring is 1. The first kappa shape index (κ1) is 13.0. The lowest BCUT2D eigenvalue weighted by molar-refractivity contribution is -0.121. The molecule has 0 unspecified atom stereocenters. The quantitative estimate of drug-likeness (QED) is 0.659. The summed E-state index contributed by atoms with van der Waals surface area (Å²) in [7, 11) is 1.53. The van der Waals surface area contributed by atoms with Crippen LogP contribution in [-0.2, 0) is 4.79 Å². The summed E-state index contributed by atoms with van der Waals surface area (Å²) in [4.78, 5) is 24.8. The Hall–Kier alpha value is -2.05. The molecule has 0 aromatic carbocycles. The van der Waals surface area contributed by atoms with E-state index in [9.17, 15) is 9.59 Å². The highest BCUT2D eigenvalue weighted by molar-refractivity contribution is 6.01. The second kappa shape index (κ2) is 5.33. The summed E-state index contributed by atoms with van der Waals surface area (Å²) in [5.41, 5.74) is 6.54. The lowest BCUT2D eigenvalue weighted by Crippen LogP contribution is -2.39. The number of aromatic amines is 1. The third-order valence-electron chi connectivity index (χ3n) is 2.47. The van der Waals surface area contributed by atoms with Crippen molar-refractivity contribution in [2.45, 2.75) is 13.8 Å². The normalized spacial score (nSPS) is 10.1. The van der Waals surface area contributed by atoms with Crippen molar-refractivity contribution >= 4 is 17.6 Å². The van der Waals surface area contributed by atoms with Crippen molar-refractivity contribution in [1.29, 1.82) is 0 Å². The fourth-order valence-electron chi connectivity index (χ4n) is 1.46. The van der Waals surface area contributed by atoms with Crippen LogP contribution in [0.3, 0.4) is 0 Å². The second-order valence-electron chi connectivity index (χ2n) is 3.60. The topological polar surface area (TPSA) is 104 Å². The van der Waals surface area contributed by atoms with Crippen LogP contribution in [0.15, 0.2) is 0 Å². The first-order valence-corrected chi connectivity index (χ1v) is 5.31. The van der Waals surface area contributed by atoms with Crippen LogP contribution >= 0.6 is 0 Å². The van der Waals surface area contributed by atoms with E-state index in [4.69, 9.17) is 5.73 Å². The predicted molar refractivity (Wildman–Crippen MR) is 63.4 cm³/mol. The van der Waals surface area contributed by atoms with E-state index >= 15 is 0 Å². The number of anilines is 1. The molecule has 0 saturated carbocycles. The maximum Gasteiger partial charge on any atom is 0.259 e. The van der Waals surface area contributed by atoms with Gasteiger partial charge in [0.15, 0.2) is 5.82 Å². The van der Waals surface area contributed by atoms with Crippen LogP contribution in [0.1, 0.15) is 23.0 Å². The molecule has 1 rings (SSSR count). The Labute approximate surface area is 99.4 Å². The number of likely N-dealkylation sites (N-methyl/N-ethyl adjacent to an activating group) is 2. The van der Waals surface area contributed by atoms with Crippen LogP contribution in [0.4, 0.5) is 5.82 Å². The number of nitrogens with zero attached hydrogens (tertiary/aromatic N) is 2. The van der Waals surface area contributed by atoms with Gasteiger partial charge in [0.25, 0.3) is 5.91 Å². The Morgan fingerprint density at radius 1 is 1.53 bits per heavy atom. The molecule has 0 aliphatic rings. The molecule has 4 N–H and O–H groups in total. The molecule has 0 atom stereocenters. The number of carbonyl (C=O) groups excluding carboxylic acids is 2. The lowest BCUT2D eigenvalue weighted by Gasteiger charge is -2.19. The summed E-state index contributed by atoms with van der Waals surface area (Å²) in [6.45, 7) is 3.95. The second-order valence-corrected chi connectivity index (χ2v) is 3.60. The summed E-state index contributed by atoms with van der Waals surface area (Å²) in [5, 5.41) is 8.87. The van der Waals surface area contributed by atoms with Crippen LogP contribution in [0, 0.1) is 6.92 Å². The maximum absolute atomic E-state index is 12.1. The Morgan fingerprint density at radius 2 is 2.18 bits per heavy atom. The number of hydrogen-bond acceptors (Lipinski definition) is 4. The molecular formula is C10H17N5O2. The van der Waals surface area contributed by atoms with Crippen molar-refractivity contribution in [1.82, 2.24) is 20.4 Å². The smallest absolute Gasteiger partial charge is 0.259 e. The van der Waals surface area contributed by atoms with Gasteiger partial charge in [-0.3, -0.25) is 14.7 Å². The number of H-pyrrole nitrogens is 1. The molecule has 0 aliphatic heterocycles. The van der Waals surface area contributed by atoms with Crippen LogP contribution in [-0.4, -0.2) is 47.0 Å². The number of carbonyl (C=O) groups is 2. The zero-order valence-electron chi connectivity index (χ0n) is 10.2. The average Bonchev–Trinajstić information content (AvgIpc) is 2.64. The van der Waals surface area contributed by atoms with Gasteiger partial charge < -0.3 is 16.0 Å². The van der Waals surface area contributed by atoms with E-state index in [0.29, 0.717) is 17.8 Å².